The standard InChI is InChI=1S/C8H13NO7/c9-1-3(11)5(13)7(15)8(16)6(14)4(12)2-10/h3-4,6,10-12,14H,1-2,9H2. The van der Waals surface area contributed by atoms with Crippen LogP contribution in [0.2, 0.25) is 0 Å². The Kier molecular flexibility index (Phi) is 5.93. The molecule has 0 aliphatic heterocycles. The van der Waals surface area contributed by atoms with Crippen molar-refractivity contribution in [3.05, 3.63) is 0 Å². The summed E-state index contributed by atoms with van der Waals surface area (Å²) in [4.78, 5) is 33.1. The van der Waals surface area contributed by atoms with Crippen LogP contribution >= 0.6 is 0 Å². The second-order valence-corrected chi connectivity index (χ2v) is 3.00. The summed E-state index contributed by atoms with van der Waals surface area (Å²) in [5.74, 6) is -4.73. The molecule has 0 saturated heterocycles. The third-order valence-electron chi connectivity index (χ3n) is 1.79. The first-order valence-corrected chi connectivity index (χ1v) is 4.34. The van der Waals surface area contributed by atoms with Crippen LogP contribution in [0.25, 0.3) is 0 Å². The molecular formula is C8H13NO7. The van der Waals surface area contributed by atoms with Crippen LogP contribution in [0.4, 0.5) is 0 Å². The summed E-state index contributed by atoms with van der Waals surface area (Å²) in [7, 11) is 0. The topological polar surface area (TPSA) is 158 Å². The van der Waals surface area contributed by atoms with Gasteiger partial charge in [0.1, 0.15) is 18.3 Å². The molecule has 0 fully saturated rings. The maximum Gasteiger partial charge on any atom is 0.269 e. The fraction of sp³-hybridized carbons (Fsp3) is 0.625. The summed E-state index contributed by atoms with van der Waals surface area (Å²) in [6, 6.07) is 0. The van der Waals surface area contributed by atoms with E-state index in [4.69, 9.17) is 26.2 Å². The average Bonchev–Trinajstić information content (AvgIpc) is 2.32. The van der Waals surface area contributed by atoms with Crippen molar-refractivity contribution in [1.82, 2.24) is 0 Å². The minimum absolute atomic E-state index is 0.545. The molecule has 3 atom stereocenters. The molecule has 0 aromatic carbocycles. The zero-order valence-corrected chi connectivity index (χ0v) is 8.24. The highest BCUT2D eigenvalue weighted by molar-refractivity contribution is 6.65. The summed E-state index contributed by atoms with van der Waals surface area (Å²) in [6.45, 7) is -1.50. The van der Waals surface area contributed by atoms with Crippen LogP contribution in [-0.4, -0.2) is 69.2 Å². The summed E-state index contributed by atoms with van der Waals surface area (Å²) in [5.41, 5.74) is 4.89. The zero-order valence-electron chi connectivity index (χ0n) is 8.24. The Morgan fingerprint density at radius 2 is 1.56 bits per heavy atom. The van der Waals surface area contributed by atoms with Gasteiger partial charge in [0.15, 0.2) is 0 Å². The number of hydrogen-bond acceptors (Lipinski definition) is 8. The van der Waals surface area contributed by atoms with Crippen LogP contribution in [0.5, 0.6) is 0 Å². The Labute approximate surface area is 90.3 Å². The first-order chi connectivity index (χ1) is 7.36. The summed E-state index contributed by atoms with van der Waals surface area (Å²) >= 11 is 0. The molecule has 92 valence electrons. The number of aliphatic hydroxyl groups is 4. The zero-order chi connectivity index (χ0) is 12.9. The highest BCUT2D eigenvalue weighted by Crippen LogP contribution is 1.98. The Hall–Kier alpha value is -1.19. The molecule has 0 bridgehead atoms. The molecule has 0 saturated carbocycles. The highest BCUT2D eigenvalue weighted by Gasteiger charge is 2.35. The first-order valence-electron chi connectivity index (χ1n) is 4.34. The van der Waals surface area contributed by atoms with Crippen molar-refractivity contribution >= 4 is 17.3 Å². The molecule has 0 radical (unpaired) electrons. The van der Waals surface area contributed by atoms with Crippen molar-refractivity contribution in [3.63, 3.8) is 0 Å². The molecule has 0 heterocycles. The van der Waals surface area contributed by atoms with Crippen molar-refractivity contribution < 1.29 is 34.8 Å². The highest BCUT2D eigenvalue weighted by atomic mass is 16.4. The number of rotatable bonds is 7. The van der Waals surface area contributed by atoms with E-state index in [1.54, 1.807) is 0 Å². The lowest BCUT2D eigenvalue weighted by Gasteiger charge is -2.13. The van der Waals surface area contributed by atoms with Gasteiger partial charge in [-0.1, -0.05) is 0 Å². The number of Topliss-reactive ketones (excluding diaryl/α,β-unsaturated/α-hetero) is 3. The van der Waals surface area contributed by atoms with Gasteiger partial charge < -0.3 is 26.2 Å². The molecule has 0 aliphatic carbocycles. The predicted octanol–water partition coefficient (Wildman–Crippen LogP) is -4.27. The lowest BCUT2D eigenvalue weighted by molar-refractivity contribution is -0.152. The van der Waals surface area contributed by atoms with Crippen molar-refractivity contribution in [2.75, 3.05) is 13.2 Å². The number of carbonyl (C=O) groups is 3. The van der Waals surface area contributed by atoms with Crippen LogP contribution in [-0.2, 0) is 14.4 Å². The molecule has 0 amide bonds. The molecule has 16 heavy (non-hydrogen) atoms. The van der Waals surface area contributed by atoms with Crippen molar-refractivity contribution in [3.8, 4) is 0 Å². The SMILES string of the molecule is NCC(O)C(=O)C(=O)C(=O)C(O)C(O)CO. The quantitative estimate of drug-likeness (QED) is 0.219. The van der Waals surface area contributed by atoms with E-state index in [-0.39, 0.29) is 0 Å². The van der Waals surface area contributed by atoms with Crippen LogP contribution in [0, 0.1) is 0 Å². The molecule has 0 aliphatic rings. The monoisotopic (exact) mass is 235 g/mol. The maximum absolute atomic E-state index is 11.1. The minimum Gasteiger partial charge on any atom is -0.394 e. The van der Waals surface area contributed by atoms with Crippen LogP contribution < -0.4 is 5.73 Å². The van der Waals surface area contributed by atoms with E-state index in [1.807, 2.05) is 0 Å². The Bertz CT molecular complexity index is 290. The molecule has 8 nitrogen and oxygen atoms in total. The van der Waals surface area contributed by atoms with E-state index in [0.717, 1.165) is 0 Å². The van der Waals surface area contributed by atoms with E-state index in [2.05, 4.69) is 0 Å². The predicted molar refractivity (Wildman–Crippen MR) is 49.2 cm³/mol. The molecule has 6 N–H and O–H groups in total. The summed E-state index contributed by atoms with van der Waals surface area (Å²) in [5, 5.41) is 35.2. The van der Waals surface area contributed by atoms with Gasteiger partial charge in [-0.15, -0.1) is 0 Å². The lowest BCUT2D eigenvalue weighted by Crippen LogP contribution is -2.46. The normalized spacial score (nSPS) is 16.3. The number of ketones is 3. The molecule has 8 heteroatoms. The van der Waals surface area contributed by atoms with E-state index < -0.39 is 48.8 Å². The van der Waals surface area contributed by atoms with Gasteiger partial charge in [-0.25, -0.2) is 0 Å². The van der Waals surface area contributed by atoms with Gasteiger partial charge in [0, 0.05) is 6.54 Å². The smallest absolute Gasteiger partial charge is 0.269 e. The Morgan fingerprint density at radius 1 is 1.06 bits per heavy atom. The fourth-order valence-corrected chi connectivity index (χ4v) is 0.789. The van der Waals surface area contributed by atoms with Gasteiger partial charge in [0.2, 0.25) is 11.6 Å². The minimum atomic E-state index is -2.20. The third-order valence-corrected chi connectivity index (χ3v) is 1.79. The summed E-state index contributed by atoms with van der Waals surface area (Å²) in [6.07, 6.45) is -5.89. The first kappa shape index (κ1) is 14.8. The molecule has 0 aromatic rings. The van der Waals surface area contributed by atoms with E-state index >= 15 is 0 Å². The number of hydrogen-bond donors (Lipinski definition) is 5. The summed E-state index contributed by atoms with van der Waals surface area (Å²) < 4.78 is 0. The van der Waals surface area contributed by atoms with Crippen molar-refractivity contribution in [1.29, 1.82) is 0 Å². The largest absolute Gasteiger partial charge is 0.394 e. The maximum atomic E-state index is 11.1. The molecule has 0 rings (SSSR count). The van der Waals surface area contributed by atoms with Gasteiger partial charge in [0.25, 0.3) is 5.78 Å². The van der Waals surface area contributed by atoms with E-state index in [0.29, 0.717) is 0 Å². The number of aliphatic hydroxyl groups excluding tert-OH is 4. The third kappa shape index (κ3) is 3.43. The van der Waals surface area contributed by atoms with Gasteiger partial charge in [-0.3, -0.25) is 14.4 Å². The Balaban J connectivity index is 4.62. The second kappa shape index (κ2) is 6.40. The molecular weight excluding hydrogens is 222 g/mol. The average molecular weight is 235 g/mol. The van der Waals surface area contributed by atoms with Crippen LogP contribution in [0.15, 0.2) is 0 Å². The lowest BCUT2D eigenvalue weighted by atomic mass is 10.0. The van der Waals surface area contributed by atoms with Gasteiger partial charge in [-0.05, 0) is 0 Å². The van der Waals surface area contributed by atoms with Crippen LogP contribution in [0.1, 0.15) is 0 Å². The van der Waals surface area contributed by atoms with E-state index in [9.17, 15) is 14.4 Å². The van der Waals surface area contributed by atoms with E-state index in [1.165, 1.54) is 0 Å². The van der Waals surface area contributed by atoms with Gasteiger partial charge in [-0.2, -0.15) is 0 Å². The van der Waals surface area contributed by atoms with Gasteiger partial charge in [0.05, 0.1) is 6.61 Å². The van der Waals surface area contributed by atoms with Crippen LogP contribution in [0.3, 0.4) is 0 Å². The molecule has 3 unspecified atom stereocenters. The van der Waals surface area contributed by atoms with Crippen molar-refractivity contribution in [2.45, 2.75) is 18.3 Å². The Morgan fingerprint density at radius 3 is 1.94 bits per heavy atom. The van der Waals surface area contributed by atoms with Gasteiger partial charge >= 0.3 is 0 Å². The molecule has 0 spiro atoms. The number of carbonyl (C=O) groups excluding carboxylic acids is 3. The fourth-order valence-electron chi connectivity index (χ4n) is 0.789. The number of nitrogens with two attached hydrogens (primary N) is 1. The molecule has 0 aromatic heterocycles. The second-order valence-electron chi connectivity index (χ2n) is 3.00. The van der Waals surface area contributed by atoms with Crippen molar-refractivity contribution in [2.24, 2.45) is 5.73 Å².